The van der Waals surface area contributed by atoms with Gasteiger partial charge in [0.15, 0.2) is 0 Å². The minimum absolute atomic E-state index is 0.218. The molecule has 5 heteroatoms. The minimum atomic E-state index is -3.53. The maximum absolute atomic E-state index is 11.9. The van der Waals surface area contributed by atoms with E-state index < -0.39 is 16.1 Å². The van der Waals surface area contributed by atoms with Gasteiger partial charge < -0.3 is 5.11 Å². The van der Waals surface area contributed by atoms with Crippen molar-refractivity contribution >= 4 is 10.0 Å². The lowest BCUT2D eigenvalue weighted by molar-refractivity contribution is 0.265. The number of rotatable bonds is 4. The Morgan fingerprint density at radius 2 is 1.75 bits per heavy atom. The second kappa shape index (κ2) is 4.95. The van der Waals surface area contributed by atoms with Gasteiger partial charge >= 0.3 is 0 Å². The molecule has 90 valence electrons. The molecular formula is C11H17NO3S. The molecule has 0 aliphatic heterocycles. The number of sulfonamides is 1. The third-order valence-electron chi connectivity index (χ3n) is 2.14. The molecule has 1 rings (SSSR count). The first-order valence-electron chi connectivity index (χ1n) is 5.06. The first-order chi connectivity index (χ1) is 7.35. The topological polar surface area (TPSA) is 66.4 Å². The van der Waals surface area contributed by atoms with Crippen LogP contribution in [0.2, 0.25) is 0 Å². The third-order valence-corrected chi connectivity index (χ3v) is 3.70. The van der Waals surface area contributed by atoms with Crippen molar-refractivity contribution in [2.45, 2.75) is 31.7 Å². The highest BCUT2D eigenvalue weighted by Crippen LogP contribution is 2.14. The van der Waals surface area contributed by atoms with Crippen LogP contribution < -0.4 is 4.72 Å². The Balaban J connectivity index is 3.07. The molecule has 0 aromatic heterocycles. The van der Waals surface area contributed by atoms with Crippen LogP contribution in [-0.2, 0) is 10.0 Å². The van der Waals surface area contributed by atoms with Crippen LogP contribution in [0.15, 0.2) is 23.1 Å². The lowest BCUT2D eigenvalue weighted by Crippen LogP contribution is -2.35. The molecule has 0 amide bonds. The molecular weight excluding hydrogens is 226 g/mol. The van der Waals surface area contributed by atoms with Crippen LogP contribution in [0, 0.1) is 13.8 Å². The highest BCUT2D eigenvalue weighted by molar-refractivity contribution is 7.89. The quantitative estimate of drug-likeness (QED) is 0.828. The zero-order valence-corrected chi connectivity index (χ0v) is 10.5. The van der Waals surface area contributed by atoms with Gasteiger partial charge in [-0.25, -0.2) is 13.1 Å². The summed E-state index contributed by atoms with van der Waals surface area (Å²) in [6.07, 6.45) is 0. The summed E-state index contributed by atoms with van der Waals surface area (Å²) < 4.78 is 26.2. The normalized spacial score (nSPS) is 13.8. The summed E-state index contributed by atoms with van der Waals surface area (Å²) >= 11 is 0. The van der Waals surface area contributed by atoms with Gasteiger partial charge in [-0.3, -0.25) is 0 Å². The molecule has 0 aliphatic carbocycles. The lowest BCUT2D eigenvalue weighted by Gasteiger charge is -2.12. The van der Waals surface area contributed by atoms with Gasteiger partial charge in [-0.05, 0) is 44.0 Å². The summed E-state index contributed by atoms with van der Waals surface area (Å²) in [5.74, 6) is 0. The molecule has 16 heavy (non-hydrogen) atoms. The summed E-state index contributed by atoms with van der Waals surface area (Å²) in [5.41, 5.74) is 1.80. The first kappa shape index (κ1) is 13.2. The summed E-state index contributed by atoms with van der Waals surface area (Å²) in [5, 5.41) is 8.83. The van der Waals surface area contributed by atoms with Gasteiger partial charge in [0, 0.05) is 6.04 Å². The zero-order chi connectivity index (χ0) is 12.3. The predicted octanol–water partition coefficient (Wildman–Crippen LogP) is 0.963. The Bertz CT molecular complexity index is 448. The molecule has 0 aliphatic rings. The fourth-order valence-electron chi connectivity index (χ4n) is 1.46. The van der Waals surface area contributed by atoms with Crippen molar-refractivity contribution in [3.63, 3.8) is 0 Å². The monoisotopic (exact) mass is 243 g/mol. The third kappa shape index (κ3) is 3.30. The summed E-state index contributed by atoms with van der Waals surface area (Å²) in [6, 6.07) is 4.65. The first-order valence-corrected chi connectivity index (χ1v) is 6.55. The predicted molar refractivity (Wildman–Crippen MR) is 62.8 cm³/mol. The number of aryl methyl sites for hydroxylation is 2. The molecule has 0 unspecified atom stereocenters. The van der Waals surface area contributed by atoms with Crippen LogP contribution in [0.1, 0.15) is 18.1 Å². The van der Waals surface area contributed by atoms with E-state index >= 15 is 0 Å². The highest BCUT2D eigenvalue weighted by Gasteiger charge is 2.17. The molecule has 0 spiro atoms. The van der Waals surface area contributed by atoms with Gasteiger partial charge in [0.1, 0.15) is 0 Å². The number of benzene rings is 1. The molecule has 0 radical (unpaired) electrons. The molecule has 0 bridgehead atoms. The van der Waals surface area contributed by atoms with Crippen molar-refractivity contribution in [2.75, 3.05) is 6.61 Å². The molecule has 0 heterocycles. The molecule has 1 atom stereocenters. The van der Waals surface area contributed by atoms with Crippen LogP contribution in [0.3, 0.4) is 0 Å². The molecule has 1 aromatic carbocycles. The number of aliphatic hydroxyl groups is 1. The molecule has 0 fully saturated rings. The maximum Gasteiger partial charge on any atom is 0.240 e. The number of nitrogens with one attached hydrogen (secondary N) is 1. The zero-order valence-electron chi connectivity index (χ0n) is 9.69. The second-order valence-electron chi connectivity index (χ2n) is 4.03. The van der Waals surface area contributed by atoms with Crippen molar-refractivity contribution in [3.05, 3.63) is 29.3 Å². The van der Waals surface area contributed by atoms with E-state index in [1.165, 1.54) is 0 Å². The van der Waals surface area contributed by atoms with Crippen LogP contribution in [0.25, 0.3) is 0 Å². The van der Waals surface area contributed by atoms with Crippen molar-refractivity contribution in [1.29, 1.82) is 0 Å². The average molecular weight is 243 g/mol. The Morgan fingerprint density at radius 3 is 2.19 bits per heavy atom. The average Bonchev–Trinajstić information content (AvgIpc) is 2.15. The van der Waals surface area contributed by atoms with Crippen LogP contribution in [-0.4, -0.2) is 26.2 Å². The molecule has 1 aromatic rings. The van der Waals surface area contributed by atoms with E-state index in [0.29, 0.717) is 0 Å². The Labute approximate surface area is 96.4 Å². The van der Waals surface area contributed by atoms with E-state index in [4.69, 9.17) is 5.11 Å². The highest BCUT2D eigenvalue weighted by atomic mass is 32.2. The second-order valence-corrected chi connectivity index (χ2v) is 5.74. The van der Waals surface area contributed by atoms with Crippen LogP contribution >= 0.6 is 0 Å². The lowest BCUT2D eigenvalue weighted by atomic mass is 10.2. The Hall–Kier alpha value is -0.910. The molecule has 0 saturated heterocycles. The molecule has 4 nitrogen and oxygen atoms in total. The van der Waals surface area contributed by atoms with Gasteiger partial charge in [-0.2, -0.15) is 0 Å². The number of hydrogen-bond donors (Lipinski definition) is 2. The van der Waals surface area contributed by atoms with Gasteiger partial charge in [-0.1, -0.05) is 6.07 Å². The van der Waals surface area contributed by atoms with E-state index in [1.54, 1.807) is 19.1 Å². The van der Waals surface area contributed by atoms with Gasteiger partial charge in [0.25, 0.3) is 0 Å². The molecule has 2 N–H and O–H groups in total. The van der Waals surface area contributed by atoms with E-state index in [0.717, 1.165) is 11.1 Å². The van der Waals surface area contributed by atoms with E-state index in [1.807, 2.05) is 19.9 Å². The van der Waals surface area contributed by atoms with Crippen LogP contribution in [0.4, 0.5) is 0 Å². The summed E-state index contributed by atoms with van der Waals surface area (Å²) in [4.78, 5) is 0.241. The summed E-state index contributed by atoms with van der Waals surface area (Å²) in [6.45, 7) is 5.09. The van der Waals surface area contributed by atoms with E-state index in [-0.39, 0.29) is 11.5 Å². The van der Waals surface area contributed by atoms with E-state index in [9.17, 15) is 8.42 Å². The van der Waals surface area contributed by atoms with Crippen molar-refractivity contribution in [2.24, 2.45) is 0 Å². The fraction of sp³-hybridized carbons (Fsp3) is 0.455. The Morgan fingerprint density at radius 1 is 1.25 bits per heavy atom. The Kier molecular flexibility index (Phi) is 4.07. The van der Waals surface area contributed by atoms with Gasteiger partial charge in [0.2, 0.25) is 10.0 Å². The van der Waals surface area contributed by atoms with Crippen molar-refractivity contribution < 1.29 is 13.5 Å². The minimum Gasteiger partial charge on any atom is -0.395 e. The SMILES string of the molecule is Cc1cc(C)cc(S(=O)(=O)N[C@@H](C)CO)c1. The van der Waals surface area contributed by atoms with Crippen molar-refractivity contribution in [1.82, 2.24) is 4.72 Å². The standard InChI is InChI=1S/C11H17NO3S/c1-8-4-9(2)6-11(5-8)16(14,15)12-10(3)7-13/h4-6,10,12-13H,7H2,1-3H3/t10-/m0/s1. The fourth-order valence-corrected chi connectivity index (χ4v) is 2.88. The van der Waals surface area contributed by atoms with E-state index in [2.05, 4.69) is 4.72 Å². The van der Waals surface area contributed by atoms with Crippen LogP contribution in [0.5, 0.6) is 0 Å². The smallest absolute Gasteiger partial charge is 0.240 e. The number of aliphatic hydroxyl groups excluding tert-OH is 1. The largest absolute Gasteiger partial charge is 0.395 e. The van der Waals surface area contributed by atoms with Gasteiger partial charge in [0.05, 0.1) is 11.5 Å². The van der Waals surface area contributed by atoms with Gasteiger partial charge in [-0.15, -0.1) is 0 Å². The maximum atomic E-state index is 11.9. The van der Waals surface area contributed by atoms with Crippen molar-refractivity contribution in [3.8, 4) is 0 Å². The molecule has 0 saturated carbocycles. The number of hydrogen-bond acceptors (Lipinski definition) is 3. The summed E-state index contributed by atoms with van der Waals surface area (Å²) in [7, 11) is -3.53.